The van der Waals surface area contributed by atoms with E-state index in [9.17, 15) is 4.57 Å². The molecule has 0 bridgehead atoms. The van der Waals surface area contributed by atoms with E-state index < -0.39 is 8.25 Å². The second-order valence-corrected chi connectivity index (χ2v) is 3.20. The number of rotatable bonds is 2. The molecule has 0 aromatic heterocycles. The van der Waals surface area contributed by atoms with Gasteiger partial charge in [-0.05, 0) is 12.8 Å². The van der Waals surface area contributed by atoms with Crippen LogP contribution in [0.5, 0.6) is 0 Å². The molecule has 0 spiro atoms. The summed E-state index contributed by atoms with van der Waals surface area (Å²) < 4.78 is 20.7. The molecule has 0 amide bonds. The van der Waals surface area contributed by atoms with Gasteiger partial charge in [-0.1, -0.05) is 13.8 Å². The molecule has 1 aliphatic rings. The second-order valence-electron chi connectivity index (χ2n) is 2.33. The van der Waals surface area contributed by atoms with Gasteiger partial charge in [0, 0.05) is 4.57 Å². The van der Waals surface area contributed by atoms with Crippen molar-refractivity contribution in [3.8, 4) is 0 Å². The Kier molecular flexibility index (Phi) is 2.78. The van der Waals surface area contributed by atoms with Crippen molar-refractivity contribution in [2.24, 2.45) is 0 Å². The summed E-state index contributed by atoms with van der Waals surface area (Å²) in [6.07, 6.45) is 1.85. The zero-order valence-corrected chi connectivity index (χ0v) is 7.14. The molecule has 1 saturated heterocycles. The first-order chi connectivity index (χ1) is 4.77. The van der Waals surface area contributed by atoms with Crippen LogP contribution < -0.4 is 0 Å². The Hall–Kier alpha value is 0.0200. The smallest absolute Gasteiger partial charge is 0.113 e. The average molecular weight is 163 g/mol. The van der Waals surface area contributed by atoms with Crippen molar-refractivity contribution >= 4 is 8.25 Å². The highest BCUT2D eigenvalue weighted by Gasteiger charge is 2.44. The molecule has 1 heterocycles. The van der Waals surface area contributed by atoms with Gasteiger partial charge in [0.2, 0.25) is 0 Å². The monoisotopic (exact) mass is 163 g/mol. The fourth-order valence-corrected chi connectivity index (χ4v) is 2.12. The first-order valence-electron chi connectivity index (χ1n) is 3.58. The summed E-state index contributed by atoms with van der Waals surface area (Å²) in [5.74, 6) is 0. The van der Waals surface area contributed by atoms with Crippen LogP contribution in [0.15, 0.2) is 0 Å². The molecule has 2 unspecified atom stereocenters. The van der Waals surface area contributed by atoms with Gasteiger partial charge < -0.3 is 0 Å². The fraction of sp³-hybridized carbons (Fsp3) is 1.00. The molecule has 10 heavy (non-hydrogen) atoms. The van der Waals surface area contributed by atoms with Gasteiger partial charge in [-0.2, -0.15) is 0 Å². The molecule has 2 atom stereocenters. The summed E-state index contributed by atoms with van der Waals surface area (Å²) >= 11 is 0. The van der Waals surface area contributed by atoms with Crippen LogP contribution in [-0.4, -0.2) is 12.2 Å². The van der Waals surface area contributed by atoms with Gasteiger partial charge in [0.15, 0.2) is 0 Å². The van der Waals surface area contributed by atoms with Gasteiger partial charge in [0.1, 0.15) is 12.2 Å². The van der Waals surface area contributed by atoms with Crippen LogP contribution in [0.25, 0.3) is 0 Å². The van der Waals surface area contributed by atoms with Crippen LogP contribution in [0.3, 0.4) is 0 Å². The van der Waals surface area contributed by atoms with Crippen LogP contribution in [0.2, 0.25) is 0 Å². The summed E-state index contributed by atoms with van der Waals surface area (Å²) in [4.78, 5) is 0. The van der Waals surface area contributed by atoms with E-state index in [1.807, 2.05) is 13.8 Å². The molecule has 0 aromatic rings. The summed E-state index contributed by atoms with van der Waals surface area (Å²) in [6, 6.07) is 0. The van der Waals surface area contributed by atoms with E-state index in [-0.39, 0.29) is 12.2 Å². The van der Waals surface area contributed by atoms with Crippen LogP contribution in [0, 0.1) is 0 Å². The molecule has 1 fully saturated rings. The van der Waals surface area contributed by atoms with E-state index >= 15 is 0 Å². The number of hydrogen-bond acceptors (Lipinski definition) is 3. The van der Waals surface area contributed by atoms with Crippen molar-refractivity contribution in [1.29, 1.82) is 0 Å². The van der Waals surface area contributed by atoms with Crippen molar-refractivity contribution in [2.75, 3.05) is 0 Å². The molecular weight excluding hydrogens is 151 g/mol. The van der Waals surface area contributed by atoms with E-state index in [4.69, 9.17) is 9.05 Å². The normalized spacial score (nSPS) is 36.8. The SMILES string of the molecule is CCC1O[P+](=O)OC1CC. The first-order valence-corrected chi connectivity index (χ1v) is 4.68. The van der Waals surface area contributed by atoms with Gasteiger partial charge in [0.25, 0.3) is 0 Å². The van der Waals surface area contributed by atoms with Crippen LogP contribution in [-0.2, 0) is 13.6 Å². The highest BCUT2D eigenvalue weighted by Crippen LogP contribution is 2.40. The Labute approximate surface area is 61.7 Å². The maximum atomic E-state index is 10.7. The fourth-order valence-electron chi connectivity index (χ4n) is 1.06. The van der Waals surface area contributed by atoms with E-state index in [1.165, 1.54) is 0 Å². The lowest BCUT2D eigenvalue weighted by atomic mass is 10.1. The van der Waals surface area contributed by atoms with Gasteiger partial charge in [-0.15, -0.1) is 9.05 Å². The van der Waals surface area contributed by atoms with Gasteiger partial charge in [-0.3, -0.25) is 0 Å². The Balaban J connectivity index is 2.48. The molecule has 0 aromatic carbocycles. The van der Waals surface area contributed by atoms with Crippen molar-refractivity contribution in [1.82, 2.24) is 0 Å². The molecule has 0 aliphatic carbocycles. The third kappa shape index (κ3) is 1.54. The highest BCUT2D eigenvalue weighted by molar-refractivity contribution is 7.33. The van der Waals surface area contributed by atoms with Crippen LogP contribution in [0.4, 0.5) is 0 Å². The van der Waals surface area contributed by atoms with Crippen LogP contribution >= 0.6 is 8.25 Å². The molecule has 0 N–H and O–H groups in total. The Bertz CT molecular complexity index is 123. The summed E-state index contributed by atoms with van der Waals surface area (Å²) in [7, 11) is -1.81. The molecular formula is C6H12O3P+. The van der Waals surface area contributed by atoms with Crippen molar-refractivity contribution < 1.29 is 13.6 Å². The predicted octanol–water partition coefficient (Wildman–Crippen LogP) is 2.25. The summed E-state index contributed by atoms with van der Waals surface area (Å²) in [6.45, 7) is 4.01. The molecule has 0 saturated carbocycles. The second kappa shape index (κ2) is 3.42. The Morgan fingerprint density at radius 2 is 1.60 bits per heavy atom. The molecule has 3 nitrogen and oxygen atoms in total. The molecule has 1 aliphatic heterocycles. The Morgan fingerprint density at radius 3 is 1.90 bits per heavy atom. The van der Waals surface area contributed by atoms with Gasteiger partial charge in [0.05, 0.1) is 0 Å². The molecule has 0 radical (unpaired) electrons. The average Bonchev–Trinajstić information content (AvgIpc) is 2.30. The molecule has 4 heteroatoms. The van der Waals surface area contributed by atoms with E-state index in [1.54, 1.807) is 0 Å². The quantitative estimate of drug-likeness (QED) is 0.585. The minimum absolute atomic E-state index is 0.0496. The molecule has 58 valence electrons. The lowest BCUT2D eigenvalue weighted by Gasteiger charge is -2.04. The van der Waals surface area contributed by atoms with E-state index in [0.717, 1.165) is 12.8 Å². The maximum absolute atomic E-state index is 10.7. The van der Waals surface area contributed by atoms with Crippen molar-refractivity contribution in [3.63, 3.8) is 0 Å². The minimum Gasteiger partial charge on any atom is -0.113 e. The standard InChI is InChI=1S/C6H12O3P/c1-3-5-6(4-2)9-10(7)8-5/h5-6H,3-4H2,1-2H3/q+1. The topological polar surface area (TPSA) is 35.5 Å². The maximum Gasteiger partial charge on any atom is 0.698 e. The lowest BCUT2D eigenvalue weighted by Crippen LogP contribution is -2.20. The zero-order chi connectivity index (χ0) is 7.56. The predicted molar refractivity (Wildman–Crippen MR) is 37.9 cm³/mol. The van der Waals surface area contributed by atoms with Crippen molar-refractivity contribution in [3.05, 3.63) is 0 Å². The number of hydrogen-bond donors (Lipinski definition) is 0. The first kappa shape index (κ1) is 8.12. The zero-order valence-electron chi connectivity index (χ0n) is 6.24. The van der Waals surface area contributed by atoms with E-state index in [0.29, 0.717) is 0 Å². The van der Waals surface area contributed by atoms with E-state index in [2.05, 4.69) is 0 Å². The summed E-state index contributed by atoms with van der Waals surface area (Å²) in [5.41, 5.74) is 0. The van der Waals surface area contributed by atoms with Gasteiger partial charge >= 0.3 is 8.25 Å². The largest absolute Gasteiger partial charge is 0.698 e. The third-order valence-corrected chi connectivity index (χ3v) is 2.55. The highest BCUT2D eigenvalue weighted by atomic mass is 31.1. The minimum atomic E-state index is -1.81. The van der Waals surface area contributed by atoms with Crippen molar-refractivity contribution in [2.45, 2.75) is 38.9 Å². The Morgan fingerprint density at radius 1 is 1.20 bits per heavy atom. The van der Waals surface area contributed by atoms with Crippen LogP contribution in [0.1, 0.15) is 26.7 Å². The lowest BCUT2D eigenvalue weighted by molar-refractivity contribution is 0.148. The third-order valence-electron chi connectivity index (χ3n) is 1.66. The molecule has 1 rings (SSSR count). The van der Waals surface area contributed by atoms with Gasteiger partial charge in [-0.25, -0.2) is 0 Å². The summed E-state index contributed by atoms with van der Waals surface area (Å²) in [5, 5.41) is 0.